The van der Waals surface area contributed by atoms with E-state index in [1.165, 1.54) is 62.7 Å². The van der Waals surface area contributed by atoms with Crippen LogP contribution >= 0.6 is 0 Å². The predicted molar refractivity (Wildman–Crippen MR) is 296 cm³/mol. The van der Waals surface area contributed by atoms with Crippen molar-refractivity contribution in [1.29, 1.82) is 0 Å². The fraction of sp³-hybridized carbons (Fsp3) is 0.0847. The third-order valence-corrected chi connectivity index (χ3v) is 14.8. The highest BCUT2D eigenvalue weighted by Crippen LogP contribution is 2.42. The van der Waals surface area contributed by atoms with Crippen LogP contribution in [0, 0.1) is 0 Å². The number of hydrogen-bond acceptors (Lipinski definition) is 11. The molecule has 0 spiro atoms. The zero-order valence-corrected chi connectivity index (χ0v) is 43.3. The van der Waals surface area contributed by atoms with Gasteiger partial charge in [-0.25, -0.2) is 0 Å². The van der Waals surface area contributed by atoms with E-state index in [-0.39, 0.29) is 10.8 Å². The van der Waals surface area contributed by atoms with Crippen LogP contribution in [0.4, 0.5) is 26.3 Å². The summed E-state index contributed by atoms with van der Waals surface area (Å²) in [6.45, 7) is 0. The molecule has 0 radical (unpaired) electrons. The van der Waals surface area contributed by atoms with Crippen molar-refractivity contribution in [3.05, 3.63) is 194 Å². The number of fused-ring (bicyclic) bond motifs is 12. The molecule has 0 unspecified atom stereocenters. The van der Waals surface area contributed by atoms with E-state index in [9.17, 15) is 43.2 Å². The molecule has 79 heavy (non-hydrogen) atoms. The third kappa shape index (κ3) is 11.5. The maximum Gasteiger partial charge on any atom is 0.534 e. The lowest BCUT2D eigenvalue weighted by Crippen LogP contribution is -2.29. The van der Waals surface area contributed by atoms with Gasteiger partial charge in [-0.1, -0.05) is 109 Å². The molecule has 11 aromatic carbocycles. The lowest BCUT2D eigenvalue weighted by molar-refractivity contribution is -0.0504. The Kier molecular flexibility index (Phi) is 15.4. The summed E-state index contributed by atoms with van der Waals surface area (Å²) in [4.78, 5) is 0. The van der Waals surface area contributed by atoms with E-state index in [4.69, 9.17) is 24.3 Å². The first-order valence-electron chi connectivity index (χ1n) is 23.7. The highest BCUT2D eigenvalue weighted by Gasteiger charge is 2.49. The summed E-state index contributed by atoms with van der Waals surface area (Å²) in [5, 5.41) is 27.2. The van der Waals surface area contributed by atoms with Gasteiger partial charge >= 0.3 is 38.4 Å². The second-order valence-corrected chi connectivity index (χ2v) is 20.7. The molecule has 2 N–H and O–H groups in total. The molecule has 0 atom stereocenters. The van der Waals surface area contributed by atoms with Gasteiger partial charge in [-0.2, -0.15) is 43.2 Å². The Labute approximate surface area is 448 Å². The van der Waals surface area contributed by atoms with Crippen LogP contribution in [0.2, 0.25) is 0 Å². The van der Waals surface area contributed by atoms with Crippen molar-refractivity contribution in [1.82, 2.24) is 0 Å². The van der Waals surface area contributed by atoms with Gasteiger partial charge in [0.05, 0.1) is 21.3 Å². The summed E-state index contributed by atoms with van der Waals surface area (Å²) >= 11 is 0. The largest absolute Gasteiger partial charge is 0.534 e. The van der Waals surface area contributed by atoms with Crippen molar-refractivity contribution >= 4 is 97.5 Å². The van der Waals surface area contributed by atoms with Crippen LogP contribution in [0.5, 0.6) is 28.7 Å². The number of rotatable bonds is 10. The Hall–Kier alpha value is -8.56. The molecule has 0 heterocycles. The van der Waals surface area contributed by atoms with Gasteiger partial charge < -0.3 is 32.6 Å². The minimum Gasteiger partial charge on any atom is -0.497 e. The first-order chi connectivity index (χ1) is 37.6. The van der Waals surface area contributed by atoms with Crippen LogP contribution in [-0.2, 0) is 20.2 Å². The zero-order chi connectivity index (χ0) is 56.4. The topological polar surface area (TPSA) is 155 Å². The van der Waals surface area contributed by atoms with E-state index in [2.05, 4.69) is 93.3 Å². The average Bonchev–Trinajstić information content (AvgIpc) is 3.65. The first kappa shape index (κ1) is 55.2. The Morgan fingerprint density at radius 3 is 0.975 bits per heavy atom. The van der Waals surface area contributed by atoms with Gasteiger partial charge in [0, 0.05) is 0 Å². The second kappa shape index (κ2) is 22.1. The molecule has 11 nitrogen and oxygen atoms in total. The Morgan fingerprint density at radius 1 is 0.329 bits per heavy atom. The minimum absolute atomic E-state index is 0.0819. The Morgan fingerprint density at radius 2 is 0.633 bits per heavy atom. The molecule has 0 saturated carbocycles. The highest BCUT2D eigenvalue weighted by atomic mass is 32.2. The van der Waals surface area contributed by atoms with Crippen molar-refractivity contribution in [2.24, 2.45) is 0 Å². The lowest BCUT2D eigenvalue weighted by Gasteiger charge is -2.14. The van der Waals surface area contributed by atoms with E-state index in [1.807, 2.05) is 24.3 Å². The quantitative estimate of drug-likeness (QED) is 0.0442. The van der Waals surface area contributed by atoms with E-state index in [0.29, 0.717) is 32.8 Å². The highest BCUT2D eigenvalue weighted by molar-refractivity contribution is 7.88. The molecule has 0 aliphatic rings. The smallest absolute Gasteiger partial charge is 0.497 e. The molecule has 0 saturated heterocycles. The summed E-state index contributed by atoms with van der Waals surface area (Å²) < 4.78 is 146. The molecule has 11 aromatic rings. The van der Waals surface area contributed by atoms with E-state index in [1.54, 1.807) is 62.8 Å². The standard InChI is InChI=1S/C32H24O2.C20H10F6O6S2.C7H9BO3/c1-33-25-9-5-7-21(17-25)23-13-15-29-27-11-3-4-12-28(27)30-16-14-24(20-32(30)31(29)19-23)22-8-6-10-26(18-22)34-2;21-19(22,23)33(27,28)31-11-5-7-15-13-3-1-2-4-14(13)16-8-6-12(10-18(16)17(15)9-11)32-34(29,30)20(24,25)26;1-11-7-4-2-3-6(5-7)8(9)10/h3-20H,1-2H3;1-10H;2-5,9-10H,1H3. The van der Waals surface area contributed by atoms with Crippen LogP contribution < -0.4 is 28.0 Å². The number of halogens is 6. The van der Waals surface area contributed by atoms with Gasteiger partial charge in [-0.3, -0.25) is 0 Å². The number of ether oxygens (including phenoxy) is 3. The van der Waals surface area contributed by atoms with Crippen molar-refractivity contribution in [2.45, 2.75) is 11.0 Å². The second-order valence-electron chi connectivity index (χ2n) is 17.6. The van der Waals surface area contributed by atoms with Gasteiger partial charge in [0.15, 0.2) is 0 Å². The zero-order valence-electron chi connectivity index (χ0n) is 41.7. The van der Waals surface area contributed by atoms with Crippen LogP contribution in [0.15, 0.2) is 194 Å². The maximum absolute atomic E-state index is 12.7. The third-order valence-electron chi connectivity index (χ3n) is 12.8. The molecule has 0 fully saturated rings. The number of hydrogen-bond donors (Lipinski definition) is 2. The Bertz CT molecular complexity index is 4100. The molecular weight excluding hydrogens is 1070 g/mol. The molecule has 0 aromatic heterocycles. The molecule has 0 aliphatic carbocycles. The van der Waals surface area contributed by atoms with Gasteiger partial charge in [0.2, 0.25) is 0 Å². The van der Waals surface area contributed by atoms with Crippen molar-refractivity contribution in [2.75, 3.05) is 21.3 Å². The van der Waals surface area contributed by atoms with E-state index < -0.39 is 49.9 Å². The van der Waals surface area contributed by atoms with E-state index >= 15 is 0 Å². The predicted octanol–water partition coefficient (Wildman–Crippen LogP) is 13.5. The minimum atomic E-state index is -5.99. The van der Waals surface area contributed by atoms with Gasteiger partial charge in [0.25, 0.3) is 0 Å². The molecule has 0 aliphatic heterocycles. The van der Waals surface area contributed by atoms with Crippen LogP contribution in [0.3, 0.4) is 0 Å². The van der Waals surface area contributed by atoms with Crippen LogP contribution in [-0.4, -0.2) is 66.3 Å². The van der Waals surface area contributed by atoms with Crippen molar-refractivity contribution < 1.29 is 75.8 Å². The van der Waals surface area contributed by atoms with Crippen molar-refractivity contribution in [3.63, 3.8) is 0 Å². The normalized spacial score (nSPS) is 11.9. The summed E-state index contributed by atoms with van der Waals surface area (Å²) in [6, 6.07) is 58.5. The lowest BCUT2D eigenvalue weighted by atomic mass is 9.80. The number of alkyl halides is 6. The molecule has 0 amide bonds. The van der Waals surface area contributed by atoms with Gasteiger partial charge in [0.1, 0.15) is 28.7 Å². The molecule has 0 bridgehead atoms. The number of benzene rings is 11. The van der Waals surface area contributed by atoms with Gasteiger partial charge in [-0.15, -0.1) is 0 Å². The maximum atomic E-state index is 12.7. The first-order valence-corrected chi connectivity index (χ1v) is 26.5. The van der Waals surface area contributed by atoms with Crippen LogP contribution in [0.1, 0.15) is 0 Å². The summed E-state index contributed by atoms with van der Waals surface area (Å²) in [5.74, 6) is 0.921. The fourth-order valence-electron chi connectivity index (χ4n) is 9.09. The van der Waals surface area contributed by atoms with Gasteiger partial charge in [-0.05, 0) is 177 Å². The average molecular weight is 1120 g/mol. The summed E-state index contributed by atoms with van der Waals surface area (Å²) in [6.07, 6.45) is 0. The summed E-state index contributed by atoms with van der Waals surface area (Å²) in [5.41, 5.74) is -6.31. The molecule has 11 rings (SSSR count). The Balaban J connectivity index is 0.000000161. The SMILES string of the molecule is COc1cccc(-c2ccc3c4ccccc4c4ccc(-c5cccc(OC)c5)cc4c3c2)c1.COc1cccc(B(O)O)c1.O=S(=O)(Oc1ccc2c3ccccc3c3ccc(OS(=O)(=O)C(F)(F)F)cc3c2c1)C(F)(F)F. The van der Waals surface area contributed by atoms with Crippen molar-refractivity contribution in [3.8, 4) is 51.0 Å². The van der Waals surface area contributed by atoms with Crippen LogP contribution in [0.25, 0.3) is 86.9 Å². The number of methoxy groups -OCH3 is 3. The molecular formula is C59H43BF6O11S2. The fourth-order valence-corrected chi connectivity index (χ4v) is 9.99. The molecule has 20 heteroatoms. The van der Waals surface area contributed by atoms with E-state index in [0.717, 1.165) is 46.9 Å². The monoisotopic (exact) mass is 1120 g/mol. The summed E-state index contributed by atoms with van der Waals surface area (Å²) in [7, 11) is -8.47. The molecule has 402 valence electrons.